The number of alkyl halides is 3. The maximum absolute atomic E-state index is 12.4. The van der Waals surface area contributed by atoms with Gasteiger partial charge in [-0.25, -0.2) is 4.98 Å². The highest BCUT2D eigenvalue weighted by Crippen LogP contribution is 2.36. The molecule has 2 aromatic heterocycles. The zero-order valence-electron chi connectivity index (χ0n) is 19.7. The van der Waals surface area contributed by atoms with Crippen molar-refractivity contribution in [2.24, 2.45) is 0 Å². The predicted octanol–water partition coefficient (Wildman–Crippen LogP) is 6.71. The van der Waals surface area contributed by atoms with Gasteiger partial charge in [0.1, 0.15) is 6.26 Å². The Kier molecular flexibility index (Phi) is 8.48. The van der Waals surface area contributed by atoms with E-state index in [1.807, 2.05) is 17.9 Å². The van der Waals surface area contributed by atoms with E-state index in [1.165, 1.54) is 17.7 Å². The Hall–Kier alpha value is -3.53. The number of aromatic nitrogens is 4. The number of rotatable bonds is 11. The van der Waals surface area contributed by atoms with Crippen LogP contribution >= 0.6 is 11.8 Å². The molecular weight excluding hydrogens is 487 g/mol. The molecule has 36 heavy (non-hydrogen) atoms. The second kappa shape index (κ2) is 11.9. The van der Waals surface area contributed by atoms with E-state index >= 15 is 0 Å². The van der Waals surface area contributed by atoms with E-state index in [4.69, 9.17) is 4.42 Å². The molecule has 4 rings (SSSR count). The largest absolute Gasteiger partial charge is 0.446 e. The Bertz CT molecular complexity index is 1240. The Morgan fingerprint density at radius 2 is 1.81 bits per heavy atom. The van der Waals surface area contributed by atoms with E-state index in [1.54, 1.807) is 36.7 Å². The number of thioether (sulfide) groups is 1. The van der Waals surface area contributed by atoms with Gasteiger partial charge in [-0.3, -0.25) is 4.68 Å². The number of nitrogens with zero attached hydrogens (tertiary/aromatic N) is 5. The summed E-state index contributed by atoms with van der Waals surface area (Å²) in [4.78, 5) is 6.73. The van der Waals surface area contributed by atoms with Crippen molar-refractivity contribution in [1.82, 2.24) is 20.0 Å². The molecule has 0 amide bonds. The van der Waals surface area contributed by atoms with Crippen LogP contribution in [-0.2, 0) is 19.5 Å². The zero-order valence-corrected chi connectivity index (χ0v) is 20.5. The fourth-order valence-electron chi connectivity index (χ4n) is 3.63. The van der Waals surface area contributed by atoms with E-state index in [-0.39, 0.29) is 16.7 Å². The summed E-state index contributed by atoms with van der Waals surface area (Å²) in [6, 6.07) is 14.7. The quantitative estimate of drug-likeness (QED) is 0.164. The van der Waals surface area contributed by atoms with Gasteiger partial charge < -0.3 is 9.32 Å². The fraction of sp³-hybridized carbons (Fsp3) is 0.269. The van der Waals surface area contributed by atoms with Crippen LogP contribution in [0.3, 0.4) is 0 Å². The average molecular weight is 514 g/mol. The summed E-state index contributed by atoms with van der Waals surface area (Å²) in [5.41, 5.74) is -0.369. The molecule has 0 atom stereocenters. The van der Waals surface area contributed by atoms with Gasteiger partial charge in [-0.15, -0.1) is 5.10 Å². The zero-order chi connectivity index (χ0) is 25.4. The van der Waals surface area contributed by atoms with Crippen molar-refractivity contribution < 1.29 is 17.6 Å². The minimum atomic E-state index is -4.29. The molecule has 0 saturated heterocycles. The first-order valence-electron chi connectivity index (χ1n) is 11.5. The predicted molar refractivity (Wildman–Crippen MR) is 135 cm³/mol. The summed E-state index contributed by atoms with van der Waals surface area (Å²) in [6.45, 7) is 1.46. The lowest BCUT2D eigenvalue weighted by Gasteiger charge is -2.18. The smallest absolute Gasteiger partial charge is 0.445 e. The van der Waals surface area contributed by atoms with Crippen molar-refractivity contribution in [3.63, 3.8) is 0 Å². The number of unbranched alkanes of at least 4 members (excludes halogenated alkanes) is 1. The van der Waals surface area contributed by atoms with Gasteiger partial charge in [0.15, 0.2) is 0 Å². The number of anilines is 1. The third kappa shape index (κ3) is 8.01. The molecule has 0 saturated carbocycles. The highest BCUT2D eigenvalue weighted by molar-refractivity contribution is 8.00. The molecule has 10 heteroatoms. The molecule has 188 valence electrons. The van der Waals surface area contributed by atoms with Crippen molar-refractivity contribution in [1.29, 1.82) is 0 Å². The first-order valence-corrected chi connectivity index (χ1v) is 12.3. The van der Waals surface area contributed by atoms with Gasteiger partial charge in [0.25, 0.3) is 0 Å². The minimum absolute atomic E-state index is 0.129. The van der Waals surface area contributed by atoms with E-state index in [2.05, 4.69) is 44.5 Å². The number of hydrogen-bond acceptors (Lipinski definition) is 6. The van der Waals surface area contributed by atoms with Crippen molar-refractivity contribution in [3.8, 4) is 0 Å². The number of hydrogen-bond donors (Lipinski definition) is 0. The van der Waals surface area contributed by atoms with Crippen molar-refractivity contribution in [2.75, 3.05) is 11.9 Å². The summed E-state index contributed by atoms with van der Waals surface area (Å²) in [7, 11) is 2.00. The van der Waals surface area contributed by atoms with E-state index in [0.29, 0.717) is 12.4 Å². The van der Waals surface area contributed by atoms with Crippen LogP contribution in [0.2, 0.25) is 0 Å². The Labute approximate surface area is 211 Å². The summed E-state index contributed by atoms with van der Waals surface area (Å²) < 4.78 is 44.7. The second-order valence-corrected chi connectivity index (χ2v) is 9.41. The number of halogens is 3. The van der Waals surface area contributed by atoms with Gasteiger partial charge >= 0.3 is 5.51 Å². The third-order valence-corrected chi connectivity index (χ3v) is 6.19. The Morgan fingerprint density at radius 1 is 1.03 bits per heavy atom. The first-order chi connectivity index (χ1) is 17.3. The summed E-state index contributed by atoms with van der Waals surface area (Å²) in [5, 5.41) is 7.79. The van der Waals surface area contributed by atoms with E-state index < -0.39 is 5.51 Å². The van der Waals surface area contributed by atoms with Crippen LogP contribution in [-0.4, -0.2) is 32.5 Å². The fourth-order valence-corrected chi connectivity index (χ4v) is 4.17. The molecule has 0 unspecified atom stereocenters. The van der Waals surface area contributed by atoms with Crippen molar-refractivity contribution in [2.45, 2.75) is 42.8 Å². The SMILES string of the molecule is CN(Cc1coc(/C=C/c2ccc(SC(F)(F)F)cc2)n1)c1ccc(CCCCn2ccnn2)cc1. The molecule has 0 radical (unpaired) electrons. The Morgan fingerprint density at radius 3 is 2.50 bits per heavy atom. The lowest BCUT2D eigenvalue weighted by Crippen LogP contribution is -2.16. The van der Waals surface area contributed by atoms with Crippen LogP contribution in [0, 0.1) is 0 Å². The molecule has 0 fully saturated rings. The second-order valence-electron chi connectivity index (χ2n) is 8.27. The van der Waals surface area contributed by atoms with Crippen LogP contribution in [0.15, 0.2) is 76.5 Å². The monoisotopic (exact) mass is 513 g/mol. The van der Waals surface area contributed by atoms with Gasteiger partial charge in [0.05, 0.1) is 18.4 Å². The first kappa shape index (κ1) is 25.6. The maximum atomic E-state index is 12.4. The van der Waals surface area contributed by atoms with Crippen LogP contribution in [0.25, 0.3) is 12.2 Å². The summed E-state index contributed by atoms with van der Waals surface area (Å²) >= 11 is -0.129. The van der Waals surface area contributed by atoms with Crippen LogP contribution in [0.1, 0.15) is 35.6 Å². The molecule has 2 heterocycles. The standard InChI is InChI=1S/C26H26F3N5OS/c1-33(23-10-5-20(6-11-23)4-2-3-16-34-17-15-30-32-34)18-22-19-35-25(31-22)14-9-21-7-12-24(13-8-21)36-26(27,28)29/h5-15,17,19H,2-4,16,18H2,1H3/b14-9+. The van der Waals surface area contributed by atoms with Crippen molar-refractivity contribution in [3.05, 3.63) is 89.9 Å². The summed E-state index contributed by atoms with van der Waals surface area (Å²) in [6.07, 6.45) is 11.8. The van der Waals surface area contributed by atoms with Gasteiger partial charge in [-0.1, -0.05) is 29.5 Å². The highest BCUT2D eigenvalue weighted by Gasteiger charge is 2.28. The molecule has 0 aliphatic heterocycles. The van der Waals surface area contributed by atoms with E-state index in [9.17, 15) is 13.2 Å². The van der Waals surface area contributed by atoms with Gasteiger partial charge in [0.2, 0.25) is 5.89 Å². The van der Waals surface area contributed by atoms with Gasteiger partial charge in [-0.05, 0) is 72.5 Å². The highest BCUT2D eigenvalue weighted by atomic mass is 32.2. The number of oxazole rings is 1. The molecule has 0 aliphatic carbocycles. The molecule has 0 spiro atoms. The third-order valence-electron chi connectivity index (χ3n) is 5.45. The van der Waals surface area contributed by atoms with Gasteiger partial charge in [0, 0.05) is 36.4 Å². The molecule has 2 aromatic carbocycles. The lowest BCUT2D eigenvalue weighted by atomic mass is 10.1. The number of benzene rings is 2. The minimum Gasteiger partial charge on any atom is -0.445 e. The molecule has 0 bridgehead atoms. The van der Waals surface area contributed by atoms with Gasteiger partial charge in [-0.2, -0.15) is 13.2 Å². The van der Waals surface area contributed by atoms with E-state index in [0.717, 1.165) is 42.8 Å². The Balaban J connectivity index is 1.24. The molecule has 0 N–H and O–H groups in total. The molecular formula is C26H26F3N5OS. The number of aryl methyl sites for hydroxylation is 2. The van der Waals surface area contributed by atoms with Crippen LogP contribution in [0.4, 0.5) is 18.9 Å². The molecule has 6 nitrogen and oxygen atoms in total. The van der Waals surface area contributed by atoms with Crippen molar-refractivity contribution >= 4 is 29.6 Å². The van der Waals surface area contributed by atoms with Crippen LogP contribution < -0.4 is 4.90 Å². The summed E-state index contributed by atoms with van der Waals surface area (Å²) in [5.74, 6) is 0.438. The normalized spacial score (nSPS) is 11.9. The maximum Gasteiger partial charge on any atom is 0.446 e. The van der Waals surface area contributed by atoms with Crippen LogP contribution in [0.5, 0.6) is 0 Å². The molecule has 0 aliphatic rings. The molecule has 4 aromatic rings. The lowest BCUT2D eigenvalue weighted by molar-refractivity contribution is -0.0328. The topological polar surface area (TPSA) is 60.0 Å². The average Bonchev–Trinajstić information content (AvgIpc) is 3.53.